The molecule has 1 aromatic heterocycles. The number of aromatic nitrogens is 1. The molecule has 3 N–H and O–H groups in total. The second-order valence-corrected chi connectivity index (χ2v) is 4.72. The topological polar surface area (TPSA) is 68.0 Å². The largest absolute Gasteiger partial charge is 0.398 e. The maximum absolute atomic E-state index is 12.0. The summed E-state index contributed by atoms with van der Waals surface area (Å²) in [4.78, 5) is 16.0. The van der Waals surface area contributed by atoms with Crippen LogP contribution >= 0.6 is 27.5 Å². The average Bonchev–Trinajstić information content (AvgIpc) is 2.35. The molecule has 0 fully saturated rings. The van der Waals surface area contributed by atoms with Crippen molar-refractivity contribution in [3.8, 4) is 0 Å². The molecule has 1 heterocycles. The second-order valence-electron chi connectivity index (χ2n) is 3.53. The van der Waals surface area contributed by atoms with Crippen LogP contribution in [0.25, 0.3) is 0 Å². The van der Waals surface area contributed by atoms with Crippen molar-refractivity contribution in [2.45, 2.75) is 0 Å². The number of nitrogens with two attached hydrogens (primary N) is 1. The molecule has 0 aliphatic heterocycles. The standard InChI is InChI=1S/C12H9BrClN3O/c13-10-5-4-7(6-16-10)17-12(18)8-2-1-3-9(15)11(8)14/h1-6H,15H2,(H,17,18). The van der Waals surface area contributed by atoms with Gasteiger partial charge < -0.3 is 11.1 Å². The molecule has 0 radical (unpaired) electrons. The minimum atomic E-state index is -0.323. The minimum Gasteiger partial charge on any atom is -0.398 e. The Kier molecular flexibility index (Phi) is 3.84. The van der Waals surface area contributed by atoms with E-state index in [1.54, 1.807) is 36.5 Å². The van der Waals surface area contributed by atoms with Crippen molar-refractivity contribution in [2.24, 2.45) is 0 Å². The van der Waals surface area contributed by atoms with Crippen LogP contribution in [0.3, 0.4) is 0 Å². The number of nitrogens with one attached hydrogen (secondary N) is 1. The molecule has 0 atom stereocenters. The molecule has 0 aliphatic rings. The smallest absolute Gasteiger partial charge is 0.257 e. The number of carbonyl (C=O) groups excluding carboxylic acids is 1. The van der Waals surface area contributed by atoms with Crippen molar-refractivity contribution in [1.82, 2.24) is 4.98 Å². The van der Waals surface area contributed by atoms with Gasteiger partial charge in [0.1, 0.15) is 4.60 Å². The van der Waals surface area contributed by atoms with Crippen molar-refractivity contribution in [3.05, 3.63) is 51.7 Å². The fourth-order valence-electron chi connectivity index (χ4n) is 1.37. The highest BCUT2D eigenvalue weighted by Gasteiger charge is 2.12. The van der Waals surface area contributed by atoms with Crippen LogP contribution in [0.5, 0.6) is 0 Å². The summed E-state index contributed by atoms with van der Waals surface area (Å²) in [5.74, 6) is -0.323. The van der Waals surface area contributed by atoms with Crippen LogP contribution < -0.4 is 11.1 Å². The van der Waals surface area contributed by atoms with Crippen molar-refractivity contribution in [2.75, 3.05) is 11.1 Å². The Hall–Kier alpha value is -1.59. The zero-order valence-electron chi connectivity index (χ0n) is 9.15. The number of halogens is 2. The van der Waals surface area contributed by atoms with Crippen LogP contribution in [-0.2, 0) is 0 Å². The Labute approximate surface area is 117 Å². The summed E-state index contributed by atoms with van der Waals surface area (Å²) >= 11 is 9.19. The van der Waals surface area contributed by atoms with Crippen molar-refractivity contribution >= 4 is 44.8 Å². The van der Waals surface area contributed by atoms with Gasteiger partial charge in [-0.25, -0.2) is 4.98 Å². The van der Waals surface area contributed by atoms with E-state index in [1.807, 2.05) is 0 Å². The lowest BCUT2D eigenvalue weighted by atomic mass is 10.2. The van der Waals surface area contributed by atoms with Gasteiger partial charge in [-0.15, -0.1) is 0 Å². The van der Waals surface area contributed by atoms with Crippen molar-refractivity contribution < 1.29 is 4.79 Å². The molecule has 0 aliphatic carbocycles. The van der Waals surface area contributed by atoms with Crippen LogP contribution in [0.15, 0.2) is 41.1 Å². The van der Waals surface area contributed by atoms with Gasteiger partial charge in [-0.3, -0.25) is 4.79 Å². The average molecular weight is 327 g/mol. The number of anilines is 2. The summed E-state index contributed by atoms with van der Waals surface area (Å²) in [6.45, 7) is 0. The van der Waals surface area contributed by atoms with E-state index in [0.717, 1.165) is 0 Å². The van der Waals surface area contributed by atoms with E-state index in [1.165, 1.54) is 0 Å². The highest BCUT2D eigenvalue weighted by molar-refractivity contribution is 9.10. The molecule has 92 valence electrons. The third-order valence-corrected chi connectivity index (χ3v) is 3.15. The maximum Gasteiger partial charge on any atom is 0.257 e. The monoisotopic (exact) mass is 325 g/mol. The Morgan fingerprint density at radius 3 is 2.78 bits per heavy atom. The molecule has 0 unspecified atom stereocenters. The lowest BCUT2D eigenvalue weighted by Crippen LogP contribution is -2.13. The third-order valence-electron chi connectivity index (χ3n) is 2.26. The van der Waals surface area contributed by atoms with Gasteiger partial charge in [-0.2, -0.15) is 0 Å². The summed E-state index contributed by atoms with van der Waals surface area (Å²) in [7, 11) is 0. The quantitative estimate of drug-likeness (QED) is 0.657. The van der Waals surface area contributed by atoms with Gasteiger partial charge in [0.05, 0.1) is 28.2 Å². The van der Waals surface area contributed by atoms with E-state index in [2.05, 4.69) is 26.2 Å². The lowest BCUT2D eigenvalue weighted by molar-refractivity contribution is 0.102. The lowest BCUT2D eigenvalue weighted by Gasteiger charge is -2.07. The van der Waals surface area contributed by atoms with Crippen LogP contribution in [0.4, 0.5) is 11.4 Å². The summed E-state index contributed by atoms with van der Waals surface area (Å²) < 4.78 is 0.697. The molecule has 2 rings (SSSR count). The Bertz CT molecular complexity index is 586. The third kappa shape index (κ3) is 2.80. The minimum absolute atomic E-state index is 0.250. The number of rotatable bonds is 2. The predicted octanol–water partition coefficient (Wildman–Crippen LogP) is 3.33. The number of hydrogen-bond donors (Lipinski definition) is 2. The first-order chi connectivity index (χ1) is 8.58. The summed E-state index contributed by atoms with van der Waals surface area (Å²) in [6.07, 6.45) is 1.54. The molecule has 4 nitrogen and oxygen atoms in total. The number of nitrogens with zero attached hydrogens (tertiary/aromatic N) is 1. The summed E-state index contributed by atoms with van der Waals surface area (Å²) in [5.41, 5.74) is 6.93. The van der Waals surface area contributed by atoms with Crippen LogP contribution in [0, 0.1) is 0 Å². The number of pyridine rings is 1. The van der Waals surface area contributed by atoms with E-state index in [0.29, 0.717) is 21.5 Å². The van der Waals surface area contributed by atoms with Crippen LogP contribution in [-0.4, -0.2) is 10.9 Å². The Balaban J connectivity index is 2.22. The molecular formula is C12H9BrClN3O. The molecule has 18 heavy (non-hydrogen) atoms. The summed E-state index contributed by atoms with van der Waals surface area (Å²) in [6, 6.07) is 8.39. The van der Waals surface area contributed by atoms with Gasteiger partial charge in [0.25, 0.3) is 5.91 Å². The zero-order valence-corrected chi connectivity index (χ0v) is 11.5. The molecule has 2 aromatic rings. The maximum atomic E-state index is 12.0. The molecule has 6 heteroatoms. The van der Waals surface area contributed by atoms with Crippen molar-refractivity contribution in [1.29, 1.82) is 0 Å². The SMILES string of the molecule is Nc1cccc(C(=O)Nc2ccc(Br)nc2)c1Cl. The Morgan fingerprint density at radius 1 is 1.33 bits per heavy atom. The summed E-state index contributed by atoms with van der Waals surface area (Å²) in [5, 5.41) is 2.94. The number of hydrogen-bond acceptors (Lipinski definition) is 3. The van der Waals surface area contributed by atoms with Gasteiger partial charge >= 0.3 is 0 Å². The first kappa shape index (κ1) is 12.9. The molecular weight excluding hydrogens is 318 g/mol. The van der Waals surface area contributed by atoms with Gasteiger partial charge in [0.2, 0.25) is 0 Å². The van der Waals surface area contributed by atoms with Crippen molar-refractivity contribution in [3.63, 3.8) is 0 Å². The first-order valence-corrected chi connectivity index (χ1v) is 6.22. The number of amides is 1. The zero-order chi connectivity index (χ0) is 13.1. The van der Waals surface area contributed by atoms with E-state index in [9.17, 15) is 4.79 Å². The van der Waals surface area contributed by atoms with E-state index < -0.39 is 0 Å². The highest BCUT2D eigenvalue weighted by Crippen LogP contribution is 2.24. The molecule has 0 spiro atoms. The molecule has 0 saturated heterocycles. The van der Waals surface area contributed by atoms with E-state index in [4.69, 9.17) is 17.3 Å². The van der Waals surface area contributed by atoms with E-state index in [-0.39, 0.29) is 10.9 Å². The van der Waals surface area contributed by atoms with E-state index >= 15 is 0 Å². The van der Waals surface area contributed by atoms with Crippen LogP contribution in [0.1, 0.15) is 10.4 Å². The van der Waals surface area contributed by atoms with Crippen LogP contribution in [0.2, 0.25) is 5.02 Å². The van der Waals surface area contributed by atoms with Gasteiger partial charge in [-0.05, 0) is 40.2 Å². The molecule has 1 aromatic carbocycles. The second kappa shape index (κ2) is 5.37. The van der Waals surface area contributed by atoms with Gasteiger partial charge in [-0.1, -0.05) is 17.7 Å². The normalized spacial score (nSPS) is 10.1. The molecule has 0 bridgehead atoms. The van der Waals surface area contributed by atoms with Gasteiger partial charge in [0.15, 0.2) is 0 Å². The molecule has 1 amide bonds. The fraction of sp³-hybridized carbons (Fsp3) is 0. The van der Waals surface area contributed by atoms with Gasteiger partial charge in [0, 0.05) is 0 Å². The number of benzene rings is 1. The first-order valence-electron chi connectivity index (χ1n) is 5.05. The highest BCUT2D eigenvalue weighted by atomic mass is 79.9. The number of nitrogen functional groups attached to an aromatic ring is 1. The number of carbonyl (C=O) groups is 1. The molecule has 0 saturated carbocycles. The Morgan fingerprint density at radius 2 is 2.11 bits per heavy atom. The fourth-order valence-corrected chi connectivity index (χ4v) is 1.82. The predicted molar refractivity (Wildman–Crippen MR) is 75.8 cm³/mol.